The topological polar surface area (TPSA) is 61.2 Å². The molecule has 0 bridgehead atoms. The summed E-state index contributed by atoms with van der Waals surface area (Å²) in [7, 11) is 0. The molecule has 5 nitrogen and oxygen atoms in total. The van der Waals surface area contributed by atoms with E-state index < -0.39 is 30.1 Å². The van der Waals surface area contributed by atoms with Gasteiger partial charge < -0.3 is 9.30 Å². The molecule has 0 saturated carbocycles. The highest BCUT2D eigenvalue weighted by atomic mass is 35.5. The molecule has 0 fully saturated rings. The first-order valence-electron chi connectivity index (χ1n) is 8.76. The molecule has 2 heterocycles. The van der Waals surface area contributed by atoms with E-state index in [1.165, 1.54) is 30.5 Å². The van der Waals surface area contributed by atoms with Gasteiger partial charge in [0, 0.05) is 28.8 Å². The predicted octanol–water partition coefficient (Wildman–Crippen LogP) is 5.20. The van der Waals surface area contributed by atoms with Crippen LogP contribution in [0, 0.1) is 13.8 Å². The molecule has 30 heavy (non-hydrogen) atoms. The third-order valence-electron chi connectivity index (χ3n) is 4.46. The Morgan fingerprint density at radius 1 is 1.13 bits per heavy atom. The minimum absolute atomic E-state index is 0.140. The summed E-state index contributed by atoms with van der Waals surface area (Å²) in [5, 5.41) is 0.213. The van der Waals surface area contributed by atoms with Gasteiger partial charge in [0.25, 0.3) is 0 Å². The van der Waals surface area contributed by atoms with E-state index >= 15 is 0 Å². The number of aromatic nitrogens is 2. The van der Waals surface area contributed by atoms with E-state index in [1.54, 1.807) is 24.5 Å². The summed E-state index contributed by atoms with van der Waals surface area (Å²) >= 11 is 5.66. The van der Waals surface area contributed by atoms with Crippen molar-refractivity contribution in [2.75, 3.05) is 6.61 Å². The summed E-state index contributed by atoms with van der Waals surface area (Å²) in [4.78, 5) is 28.4. The lowest BCUT2D eigenvalue weighted by Crippen LogP contribution is -2.15. The Labute approximate surface area is 175 Å². The van der Waals surface area contributed by atoms with Gasteiger partial charge in [0.1, 0.15) is 5.15 Å². The average molecular weight is 437 g/mol. The summed E-state index contributed by atoms with van der Waals surface area (Å²) in [5.41, 5.74) is 0.909. The molecule has 0 atom stereocenters. The Morgan fingerprint density at radius 3 is 2.50 bits per heavy atom. The second kappa shape index (κ2) is 8.31. The van der Waals surface area contributed by atoms with Crippen molar-refractivity contribution in [3.05, 3.63) is 81.9 Å². The van der Waals surface area contributed by atoms with Crippen molar-refractivity contribution in [1.29, 1.82) is 0 Å². The zero-order valence-electron chi connectivity index (χ0n) is 16.0. The number of nitrogens with zero attached hydrogens (tertiary/aromatic N) is 2. The van der Waals surface area contributed by atoms with Gasteiger partial charge >= 0.3 is 12.1 Å². The fourth-order valence-electron chi connectivity index (χ4n) is 3.05. The first kappa shape index (κ1) is 21.6. The number of hydrogen-bond donors (Lipinski definition) is 0. The molecule has 0 saturated heterocycles. The maximum atomic E-state index is 13.0. The van der Waals surface area contributed by atoms with Crippen LogP contribution in [0.5, 0.6) is 0 Å². The number of Topliss-reactive ketones (excluding diaryl/α,β-unsaturated/α-hetero) is 1. The van der Waals surface area contributed by atoms with Crippen molar-refractivity contribution in [2.24, 2.45) is 0 Å². The summed E-state index contributed by atoms with van der Waals surface area (Å²) in [6.07, 6.45) is -3.25. The average Bonchev–Trinajstić information content (AvgIpc) is 3.00. The van der Waals surface area contributed by atoms with Gasteiger partial charge in [0.15, 0.2) is 6.61 Å². The lowest BCUT2D eigenvalue weighted by atomic mass is 10.1. The van der Waals surface area contributed by atoms with Crippen LogP contribution in [0.25, 0.3) is 5.69 Å². The molecule has 2 aromatic heterocycles. The number of carbonyl (C=O) groups excluding carboxylic acids is 2. The molecule has 0 amide bonds. The number of esters is 1. The Kier molecular flexibility index (Phi) is 5.98. The van der Waals surface area contributed by atoms with Gasteiger partial charge in [-0.25, -0.2) is 9.78 Å². The Morgan fingerprint density at radius 2 is 1.87 bits per heavy atom. The van der Waals surface area contributed by atoms with Crippen LogP contribution in [0.3, 0.4) is 0 Å². The normalized spacial score (nSPS) is 11.4. The number of aryl methyl sites for hydroxylation is 1. The summed E-state index contributed by atoms with van der Waals surface area (Å²) in [6.45, 7) is 2.77. The fourth-order valence-corrected chi connectivity index (χ4v) is 3.16. The quantitative estimate of drug-likeness (QED) is 0.313. The number of alkyl halides is 3. The molecule has 3 rings (SSSR count). The molecule has 0 spiro atoms. The molecule has 1 aromatic carbocycles. The zero-order chi connectivity index (χ0) is 22.1. The van der Waals surface area contributed by atoms with Crippen molar-refractivity contribution >= 4 is 23.4 Å². The number of ketones is 1. The Hall–Kier alpha value is -3.13. The maximum Gasteiger partial charge on any atom is 0.416 e. The molecule has 0 aliphatic carbocycles. The van der Waals surface area contributed by atoms with E-state index in [0.29, 0.717) is 11.4 Å². The highest BCUT2D eigenvalue weighted by molar-refractivity contribution is 6.29. The van der Waals surface area contributed by atoms with Gasteiger partial charge in [-0.3, -0.25) is 4.79 Å². The van der Waals surface area contributed by atoms with Gasteiger partial charge in [0.2, 0.25) is 5.78 Å². The Balaban J connectivity index is 1.80. The minimum Gasteiger partial charge on any atom is -0.454 e. The molecular weight excluding hydrogens is 421 g/mol. The molecule has 3 aromatic rings. The van der Waals surface area contributed by atoms with E-state index in [1.807, 2.05) is 0 Å². The zero-order valence-corrected chi connectivity index (χ0v) is 16.7. The van der Waals surface area contributed by atoms with Gasteiger partial charge in [-0.05, 0) is 50.2 Å². The van der Waals surface area contributed by atoms with E-state index in [-0.39, 0.29) is 22.0 Å². The maximum absolute atomic E-state index is 13.0. The smallest absolute Gasteiger partial charge is 0.416 e. The molecule has 0 N–H and O–H groups in total. The molecule has 156 valence electrons. The van der Waals surface area contributed by atoms with Crippen LogP contribution in [0.1, 0.15) is 37.7 Å². The van der Waals surface area contributed by atoms with Gasteiger partial charge in [0.05, 0.1) is 11.1 Å². The molecular formula is C21H16ClF3N2O3. The van der Waals surface area contributed by atoms with E-state index in [2.05, 4.69) is 4.98 Å². The van der Waals surface area contributed by atoms with E-state index in [0.717, 1.165) is 12.1 Å². The van der Waals surface area contributed by atoms with E-state index in [9.17, 15) is 22.8 Å². The van der Waals surface area contributed by atoms with Crippen LogP contribution < -0.4 is 0 Å². The fraction of sp³-hybridized carbons (Fsp3) is 0.190. The van der Waals surface area contributed by atoms with Gasteiger partial charge in [-0.15, -0.1) is 0 Å². The SMILES string of the molecule is Cc1cc(C(=O)COC(=O)c2ccc(Cl)nc2)c(C)n1-c1cccc(C(F)(F)F)c1. The van der Waals surface area contributed by atoms with Crippen molar-refractivity contribution in [3.8, 4) is 5.69 Å². The molecule has 0 unspecified atom stereocenters. The van der Waals surface area contributed by atoms with Crippen LogP contribution in [-0.2, 0) is 10.9 Å². The highest BCUT2D eigenvalue weighted by Gasteiger charge is 2.31. The number of carbonyl (C=O) groups is 2. The molecule has 0 aliphatic rings. The van der Waals surface area contributed by atoms with Crippen LogP contribution >= 0.6 is 11.6 Å². The van der Waals surface area contributed by atoms with E-state index in [4.69, 9.17) is 16.3 Å². The predicted molar refractivity (Wildman–Crippen MR) is 104 cm³/mol. The first-order chi connectivity index (χ1) is 14.1. The number of benzene rings is 1. The number of hydrogen-bond acceptors (Lipinski definition) is 4. The summed E-state index contributed by atoms with van der Waals surface area (Å²) in [6, 6.07) is 9.22. The molecule has 0 radical (unpaired) electrons. The number of pyridine rings is 1. The van der Waals surface area contributed by atoms with Gasteiger partial charge in [-0.1, -0.05) is 17.7 Å². The second-order valence-corrected chi connectivity index (χ2v) is 6.92. The number of ether oxygens (including phenoxy) is 1. The highest BCUT2D eigenvalue weighted by Crippen LogP contribution is 2.31. The second-order valence-electron chi connectivity index (χ2n) is 6.54. The van der Waals surface area contributed by atoms with Crippen LogP contribution in [0.2, 0.25) is 5.15 Å². The first-order valence-corrected chi connectivity index (χ1v) is 9.14. The minimum atomic E-state index is -4.48. The largest absolute Gasteiger partial charge is 0.454 e. The van der Waals surface area contributed by atoms with Crippen molar-refractivity contribution in [2.45, 2.75) is 20.0 Å². The lowest BCUT2D eigenvalue weighted by molar-refractivity contribution is -0.137. The van der Waals surface area contributed by atoms with Crippen LogP contribution in [-0.4, -0.2) is 27.9 Å². The van der Waals surface area contributed by atoms with Gasteiger partial charge in [-0.2, -0.15) is 13.2 Å². The number of halogens is 4. The third kappa shape index (κ3) is 4.54. The molecule has 9 heteroatoms. The summed E-state index contributed by atoms with van der Waals surface area (Å²) < 4.78 is 45.7. The van der Waals surface area contributed by atoms with Crippen molar-refractivity contribution in [3.63, 3.8) is 0 Å². The third-order valence-corrected chi connectivity index (χ3v) is 4.68. The lowest BCUT2D eigenvalue weighted by Gasteiger charge is -2.13. The summed E-state index contributed by atoms with van der Waals surface area (Å²) in [5.74, 6) is -1.21. The molecule has 0 aliphatic heterocycles. The number of rotatable bonds is 5. The van der Waals surface area contributed by atoms with Crippen LogP contribution in [0.4, 0.5) is 13.2 Å². The standard InChI is InChI=1S/C21H16ClF3N2O3/c1-12-8-17(18(28)11-30-20(29)14-6-7-19(22)26-10-14)13(2)27(12)16-5-3-4-15(9-16)21(23,24)25/h3-10H,11H2,1-2H3. The van der Waals surface area contributed by atoms with Crippen molar-refractivity contribution < 1.29 is 27.5 Å². The van der Waals surface area contributed by atoms with Crippen molar-refractivity contribution in [1.82, 2.24) is 9.55 Å². The van der Waals surface area contributed by atoms with Crippen LogP contribution in [0.15, 0.2) is 48.7 Å². The monoisotopic (exact) mass is 436 g/mol. The Bertz CT molecular complexity index is 1110.